The Morgan fingerprint density at radius 3 is 1.96 bits per heavy atom. The van der Waals surface area contributed by atoms with E-state index in [4.69, 9.17) is 28.4 Å². The molecule has 6 atom stereocenters. The molecule has 282 valence electrons. The van der Waals surface area contributed by atoms with Gasteiger partial charge in [0.1, 0.15) is 12.2 Å². The van der Waals surface area contributed by atoms with Crippen molar-refractivity contribution in [3.8, 4) is 0 Å². The van der Waals surface area contributed by atoms with E-state index in [-0.39, 0.29) is 12.8 Å². The molecule has 0 bridgehead atoms. The zero-order valence-electron chi connectivity index (χ0n) is 30.0. The number of ether oxygens (including phenoxy) is 6. The van der Waals surface area contributed by atoms with Crippen molar-refractivity contribution < 1.29 is 62.0 Å². The number of carbonyl (C=O) groups excluding carboxylic acids is 7. The molecule has 16 heteroatoms. The number of methoxy groups -OCH3 is 1. The fourth-order valence-corrected chi connectivity index (χ4v) is 6.68. The monoisotopic (exact) mass is 744 g/mol. The summed E-state index contributed by atoms with van der Waals surface area (Å²) < 4.78 is 33.6. The first-order valence-electron chi connectivity index (χ1n) is 16.3. The van der Waals surface area contributed by atoms with Gasteiger partial charge in [-0.05, 0) is 31.5 Å². The van der Waals surface area contributed by atoms with Crippen LogP contribution in [0.4, 0.5) is 0 Å². The molecule has 15 nitrogen and oxygen atoms in total. The molecule has 0 aromatic heterocycles. The van der Waals surface area contributed by atoms with Crippen LogP contribution in [-0.4, -0.2) is 97.3 Å². The summed E-state index contributed by atoms with van der Waals surface area (Å²) in [6.07, 6.45) is -6.53. The maximum absolute atomic E-state index is 13.7. The lowest BCUT2D eigenvalue weighted by Crippen LogP contribution is -2.68. The number of esters is 5. The molecule has 2 N–H and O–H groups in total. The summed E-state index contributed by atoms with van der Waals surface area (Å²) in [5.74, 6) is -5.50. The van der Waals surface area contributed by atoms with Gasteiger partial charge in [0.2, 0.25) is 10.8 Å². The predicted molar refractivity (Wildman–Crippen MR) is 184 cm³/mol. The van der Waals surface area contributed by atoms with Crippen molar-refractivity contribution in [1.82, 2.24) is 10.6 Å². The lowest BCUT2D eigenvalue weighted by Gasteiger charge is -2.48. The van der Waals surface area contributed by atoms with E-state index < -0.39 is 90.2 Å². The Morgan fingerprint density at radius 2 is 1.42 bits per heavy atom. The lowest BCUT2D eigenvalue weighted by atomic mass is 9.89. The molecule has 0 spiro atoms. The second-order valence-corrected chi connectivity index (χ2v) is 13.5. The molecule has 0 unspecified atom stereocenters. The summed E-state index contributed by atoms with van der Waals surface area (Å²) in [6.45, 7) is 7.00. The van der Waals surface area contributed by atoms with Gasteiger partial charge in [0, 0.05) is 39.0 Å². The Hall–Kier alpha value is -4.96. The minimum atomic E-state index is -2.00. The van der Waals surface area contributed by atoms with Crippen LogP contribution in [-0.2, 0) is 68.4 Å². The van der Waals surface area contributed by atoms with Gasteiger partial charge in [-0.1, -0.05) is 59.3 Å². The van der Waals surface area contributed by atoms with Gasteiger partial charge in [-0.25, -0.2) is 4.79 Å². The van der Waals surface area contributed by atoms with E-state index in [1.165, 1.54) is 0 Å². The maximum atomic E-state index is 13.7. The highest BCUT2D eigenvalue weighted by molar-refractivity contribution is 8.01. The fraction of sp³-hybridized carbons (Fsp3) is 0.472. The lowest BCUT2D eigenvalue weighted by molar-refractivity contribution is -0.221. The van der Waals surface area contributed by atoms with E-state index in [2.05, 4.69) is 10.6 Å². The Kier molecular flexibility index (Phi) is 15.2. The van der Waals surface area contributed by atoms with Crippen LogP contribution >= 0.6 is 11.8 Å². The Balaban J connectivity index is 2.15. The second-order valence-electron chi connectivity index (χ2n) is 12.2. The highest BCUT2D eigenvalue weighted by atomic mass is 32.2. The zero-order chi connectivity index (χ0) is 38.6. The van der Waals surface area contributed by atoms with Gasteiger partial charge in [-0.15, -0.1) is 0 Å². The molecule has 52 heavy (non-hydrogen) atoms. The Bertz CT molecular complexity index is 1610. The number of carbonyl (C=O) groups is 7. The van der Waals surface area contributed by atoms with E-state index in [1.54, 1.807) is 36.4 Å². The SMILES string of the molecule is COC(=O)[C@@]1(Sc2ccc(C)cc2)C[C@H](OC(C)=O)[C@@H](NC(=O)COC(C)=O)[C@H]([C@H](OC(C)=O)[C@@H](CNC(=O)Cc2ccc(C)cc2)OC(C)=O)O1. The van der Waals surface area contributed by atoms with Crippen molar-refractivity contribution in [2.24, 2.45) is 0 Å². The second kappa shape index (κ2) is 19.0. The third kappa shape index (κ3) is 12.4. The van der Waals surface area contributed by atoms with E-state index >= 15 is 0 Å². The molecule has 2 aromatic rings. The third-order valence-electron chi connectivity index (χ3n) is 7.70. The Labute approximate surface area is 305 Å². The standard InChI is InChI=1S/C36H44N2O13S/c1-20-8-12-26(13-9-20)16-30(43)37-18-29(49-24(5)41)33(50-25(6)42)34-32(38-31(44)19-47-22(3)39)28(48-23(4)40)17-36(51-34,35(45)46-7)52-27-14-10-21(2)11-15-27/h8-15,28-29,32-34H,16-19H2,1-7H3,(H,37,43)(H,38,44)/t28-,29+,32+,33+,34+,36-/m0/s1. The molecule has 1 saturated heterocycles. The number of benzene rings is 2. The van der Waals surface area contributed by atoms with Gasteiger partial charge < -0.3 is 39.1 Å². The molecular formula is C36H44N2O13S. The topological polar surface area (TPSA) is 199 Å². The molecule has 3 rings (SSSR count). The first-order chi connectivity index (χ1) is 24.5. The van der Waals surface area contributed by atoms with E-state index in [0.717, 1.165) is 57.7 Å². The number of rotatable bonds is 15. The van der Waals surface area contributed by atoms with Crippen LogP contribution in [0.5, 0.6) is 0 Å². The molecule has 2 aromatic carbocycles. The minimum absolute atomic E-state index is 0.0345. The largest absolute Gasteiger partial charge is 0.466 e. The van der Waals surface area contributed by atoms with Gasteiger partial charge >= 0.3 is 29.8 Å². The predicted octanol–water partition coefficient (Wildman–Crippen LogP) is 2.26. The number of nitrogens with one attached hydrogen (secondary N) is 2. The molecule has 2 amide bonds. The van der Waals surface area contributed by atoms with Crippen LogP contribution < -0.4 is 10.6 Å². The number of hydrogen-bond acceptors (Lipinski definition) is 14. The average molecular weight is 745 g/mol. The van der Waals surface area contributed by atoms with Gasteiger partial charge in [0.25, 0.3) is 5.91 Å². The normalized spacial score (nSPS) is 20.6. The van der Waals surface area contributed by atoms with Crippen molar-refractivity contribution in [2.45, 2.75) is 94.7 Å². The van der Waals surface area contributed by atoms with E-state index in [9.17, 15) is 33.6 Å². The van der Waals surface area contributed by atoms with Gasteiger partial charge in [-0.2, -0.15) is 0 Å². The van der Waals surface area contributed by atoms with Crippen LogP contribution in [0.2, 0.25) is 0 Å². The van der Waals surface area contributed by atoms with Gasteiger partial charge in [0.15, 0.2) is 18.8 Å². The van der Waals surface area contributed by atoms with Crippen molar-refractivity contribution in [3.63, 3.8) is 0 Å². The number of amides is 2. The van der Waals surface area contributed by atoms with Crippen molar-refractivity contribution >= 4 is 53.4 Å². The summed E-state index contributed by atoms with van der Waals surface area (Å²) in [4.78, 5) is 87.7. The number of aryl methyl sites for hydroxylation is 2. The summed E-state index contributed by atoms with van der Waals surface area (Å²) in [7, 11) is 1.13. The maximum Gasteiger partial charge on any atom is 0.349 e. The highest BCUT2D eigenvalue weighted by Crippen LogP contribution is 2.46. The molecule has 0 radical (unpaired) electrons. The molecule has 1 heterocycles. The van der Waals surface area contributed by atoms with Crippen LogP contribution in [0.1, 0.15) is 50.8 Å². The molecule has 1 fully saturated rings. The summed E-state index contributed by atoms with van der Waals surface area (Å²) in [6, 6.07) is 12.9. The first kappa shape index (κ1) is 41.5. The van der Waals surface area contributed by atoms with Crippen LogP contribution in [0.3, 0.4) is 0 Å². The van der Waals surface area contributed by atoms with E-state index in [0.29, 0.717) is 10.5 Å². The number of hydrogen-bond donors (Lipinski definition) is 2. The first-order valence-corrected chi connectivity index (χ1v) is 17.1. The summed E-state index contributed by atoms with van der Waals surface area (Å²) >= 11 is 0.917. The van der Waals surface area contributed by atoms with Crippen LogP contribution in [0, 0.1) is 13.8 Å². The van der Waals surface area contributed by atoms with Crippen LogP contribution in [0.15, 0.2) is 53.4 Å². The molecular weight excluding hydrogens is 700 g/mol. The zero-order valence-corrected chi connectivity index (χ0v) is 30.9. The Morgan fingerprint density at radius 1 is 0.827 bits per heavy atom. The van der Waals surface area contributed by atoms with Crippen LogP contribution in [0.25, 0.3) is 0 Å². The quantitative estimate of drug-likeness (QED) is 0.199. The fourth-order valence-electron chi connectivity index (χ4n) is 5.46. The third-order valence-corrected chi connectivity index (χ3v) is 8.96. The summed E-state index contributed by atoms with van der Waals surface area (Å²) in [5.41, 5.74) is 2.63. The van der Waals surface area contributed by atoms with Crippen molar-refractivity contribution in [3.05, 3.63) is 65.2 Å². The molecule has 0 saturated carbocycles. The summed E-state index contributed by atoms with van der Waals surface area (Å²) in [5, 5.41) is 5.30. The van der Waals surface area contributed by atoms with Crippen molar-refractivity contribution in [2.75, 3.05) is 20.3 Å². The minimum Gasteiger partial charge on any atom is -0.466 e. The smallest absolute Gasteiger partial charge is 0.349 e. The van der Waals surface area contributed by atoms with Gasteiger partial charge in [-0.3, -0.25) is 28.8 Å². The van der Waals surface area contributed by atoms with Crippen molar-refractivity contribution in [1.29, 1.82) is 0 Å². The van der Waals surface area contributed by atoms with Gasteiger partial charge in [0.05, 0.1) is 26.1 Å². The van der Waals surface area contributed by atoms with E-state index in [1.807, 2.05) is 26.0 Å². The highest BCUT2D eigenvalue weighted by Gasteiger charge is 2.59. The molecule has 1 aliphatic heterocycles. The average Bonchev–Trinajstić information content (AvgIpc) is 3.07. The molecule has 1 aliphatic rings. The molecule has 0 aliphatic carbocycles. The number of thioether (sulfide) groups is 1.